The van der Waals surface area contributed by atoms with E-state index in [9.17, 15) is 27.2 Å². The number of halogens is 4. The van der Waals surface area contributed by atoms with Crippen molar-refractivity contribution in [2.75, 3.05) is 17.2 Å². The van der Waals surface area contributed by atoms with Gasteiger partial charge in [-0.2, -0.15) is 13.2 Å². The van der Waals surface area contributed by atoms with Crippen LogP contribution in [-0.4, -0.2) is 24.8 Å². The van der Waals surface area contributed by atoms with Crippen LogP contribution in [0.15, 0.2) is 12.1 Å². The number of ether oxygens (including phenoxy) is 1. The van der Waals surface area contributed by atoms with Gasteiger partial charge >= 0.3 is 12.3 Å². The number of nitrogens with one attached hydrogen (secondary N) is 2. The summed E-state index contributed by atoms with van der Waals surface area (Å²) in [5.74, 6) is -1.09. The molecule has 1 aromatic carbocycles. The summed E-state index contributed by atoms with van der Waals surface area (Å²) < 4.78 is 53.2. The molecule has 0 aromatic heterocycles. The Bertz CT molecular complexity index is 587. The summed E-state index contributed by atoms with van der Waals surface area (Å²) in [6.07, 6.45) is -5.54. The van der Waals surface area contributed by atoms with Crippen molar-refractivity contribution in [3.63, 3.8) is 0 Å². The molecule has 9 heteroatoms. The first-order chi connectivity index (χ1) is 9.74. The van der Waals surface area contributed by atoms with Crippen molar-refractivity contribution < 1.29 is 31.9 Å². The summed E-state index contributed by atoms with van der Waals surface area (Å²) in [4.78, 5) is 22.4. The zero-order valence-corrected chi connectivity index (χ0v) is 10.5. The largest absolute Gasteiger partial charge is 0.440 e. The molecule has 0 aliphatic carbocycles. The van der Waals surface area contributed by atoms with Crippen molar-refractivity contribution in [2.45, 2.75) is 19.0 Å². The molecule has 1 aliphatic heterocycles. The maximum atomic E-state index is 13.7. The molecular weight excluding hydrogens is 296 g/mol. The van der Waals surface area contributed by atoms with E-state index in [0.29, 0.717) is 17.7 Å². The van der Waals surface area contributed by atoms with E-state index in [1.165, 1.54) is 0 Å². The van der Waals surface area contributed by atoms with Gasteiger partial charge in [-0.1, -0.05) is 0 Å². The van der Waals surface area contributed by atoms with Crippen LogP contribution in [0.4, 0.5) is 33.7 Å². The minimum atomic E-state index is -4.67. The summed E-state index contributed by atoms with van der Waals surface area (Å²) >= 11 is 0. The summed E-state index contributed by atoms with van der Waals surface area (Å²) in [7, 11) is 0. The van der Waals surface area contributed by atoms with E-state index in [2.05, 4.69) is 10.1 Å². The number of aryl methyl sites for hydroxylation is 1. The third-order valence-electron chi connectivity index (χ3n) is 2.69. The molecule has 0 atom stereocenters. The Morgan fingerprint density at radius 3 is 2.71 bits per heavy atom. The maximum absolute atomic E-state index is 13.7. The third kappa shape index (κ3) is 4.07. The predicted molar refractivity (Wildman–Crippen MR) is 64.4 cm³/mol. The lowest BCUT2D eigenvalue weighted by molar-refractivity contribution is -0.159. The Kier molecular flexibility index (Phi) is 4.01. The molecule has 2 rings (SSSR count). The van der Waals surface area contributed by atoms with Crippen LogP contribution >= 0.6 is 0 Å². The lowest BCUT2D eigenvalue weighted by Crippen LogP contribution is -2.24. The highest BCUT2D eigenvalue weighted by atomic mass is 19.4. The number of benzene rings is 1. The Morgan fingerprint density at radius 1 is 1.33 bits per heavy atom. The van der Waals surface area contributed by atoms with Gasteiger partial charge in [-0.15, -0.1) is 0 Å². The second-order valence-electron chi connectivity index (χ2n) is 4.35. The molecule has 0 radical (unpaired) electrons. The molecule has 0 fully saturated rings. The highest BCUT2D eigenvalue weighted by Crippen LogP contribution is 2.28. The number of rotatable bonds is 2. The molecule has 0 spiro atoms. The fourth-order valence-electron chi connectivity index (χ4n) is 1.79. The summed E-state index contributed by atoms with van der Waals surface area (Å²) in [6, 6.07) is 2.24. The second kappa shape index (κ2) is 5.58. The standard InChI is InChI=1S/C12H10F4N2O3/c13-7-3-6-1-2-10(19)17-8(6)4-9(7)18-11(20)21-5-12(14,15)16/h3-4H,1-2,5H2,(H,17,19)(H,18,20). The normalized spacial score (nSPS) is 14.2. The highest BCUT2D eigenvalue weighted by molar-refractivity contribution is 5.95. The average molecular weight is 306 g/mol. The van der Waals surface area contributed by atoms with Gasteiger partial charge in [0.2, 0.25) is 5.91 Å². The van der Waals surface area contributed by atoms with E-state index < -0.39 is 24.7 Å². The van der Waals surface area contributed by atoms with Crippen molar-refractivity contribution in [3.8, 4) is 0 Å². The van der Waals surface area contributed by atoms with Crippen molar-refractivity contribution in [3.05, 3.63) is 23.5 Å². The van der Waals surface area contributed by atoms with Gasteiger partial charge in [0.25, 0.3) is 0 Å². The Morgan fingerprint density at radius 2 is 2.05 bits per heavy atom. The topological polar surface area (TPSA) is 67.4 Å². The van der Waals surface area contributed by atoms with Gasteiger partial charge in [0, 0.05) is 12.1 Å². The lowest BCUT2D eigenvalue weighted by atomic mass is 10.0. The van der Waals surface area contributed by atoms with Crippen molar-refractivity contribution >= 4 is 23.4 Å². The first-order valence-corrected chi connectivity index (χ1v) is 5.87. The van der Waals surface area contributed by atoms with Crippen LogP contribution in [-0.2, 0) is 16.0 Å². The predicted octanol–water partition coefficient (Wildman–Crippen LogP) is 2.82. The van der Waals surface area contributed by atoms with Gasteiger partial charge < -0.3 is 10.1 Å². The molecule has 1 aromatic rings. The number of carbonyl (C=O) groups is 2. The van der Waals surface area contributed by atoms with E-state index in [4.69, 9.17) is 0 Å². The number of alkyl halides is 3. The van der Waals surface area contributed by atoms with Gasteiger partial charge in [0.15, 0.2) is 6.61 Å². The van der Waals surface area contributed by atoms with Crippen LogP contribution < -0.4 is 10.6 Å². The quantitative estimate of drug-likeness (QED) is 0.826. The van der Waals surface area contributed by atoms with Crippen LogP contribution in [0.3, 0.4) is 0 Å². The number of hydrogen-bond donors (Lipinski definition) is 2. The molecule has 0 saturated carbocycles. The van der Waals surface area contributed by atoms with Crippen LogP contribution in [0.2, 0.25) is 0 Å². The van der Waals surface area contributed by atoms with Gasteiger partial charge in [-0.25, -0.2) is 9.18 Å². The molecule has 2 amide bonds. The van der Waals surface area contributed by atoms with Crippen LogP contribution in [0.5, 0.6) is 0 Å². The maximum Gasteiger partial charge on any atom is 0.422 e. The molecule has 1 heterocycles. The molecule has 1 aliphatic rings. The number of amides is 2. The molecule has 0 saturated heterocycles. The number of fused-ring (bicyclic) bond motifs is 1. The number of anilines is 2. The second-order valence-corrected chi connectivity index (χ2v) is 4.35. The SMILES string of the molecule is O=C1CCc2cc(F)c(NC(=O)OCC(F)(F)F)cc2N1. The fourth-order valence-corrected chi connectivity index (χ4v) is 1.79. The monoisotopic (exact) mass is 306 g/mol. The van der Waals surface area contributed by atoms with Crippen LogP contribution in [0.1, 0.15) is 12.0 Å². The van der Waals surface area contributed by atoms with E-state index >= 15 is 0 Å². The Labute approximate surface area is 116 Å². The zero-order valence-electron chi connectivity index (χ0n) is 10.5. The average Bonchev–Trinajstić information content (AvgIpc) is 2.37. The van der Waals surface area contributed by atoms with Crippen LogP contribution in [0.25, 0.3) is 0 Å². The summed E-state index contributed by atoms with van der Waals surface area (Å²) in [5.41, 5.74) is 0.475. The number of carbonyl (C=O) groups excluding carboxylic acids is 2. The summed E-state index contributed by atoms with van der Waals surface area (Å²) in [6.45, 7) is -1.78. The first kappa shape index (κ1) is 15.1. The first-order valence-electron chi connectivity index (χ1n) is 5.87. The molecule has 5 nitrogen and oxygen atoms in total. The van der Waals surface area contributed by atoms with E-state index in [-0.39, 0.29) is 18.0 Å². The van der Waals surface area contributed by atoms with Crippen molar-refractivity contribution in [2.24, 2.45) is 0 Å². The zero-order chi connectivity index (χ0) is 15.6. The van der Waals surface area contributed by atoms with E-state index in [0.717, 1.165) is 12.1 Å². The molecule has 2 N–H and O–H groups in total. The molecular formula is C12H10F4N2O3. The van der Waals surface area contributed by atoms with Crippen molar-refractivity contribution in [1.82, 2.24) is 0 Å². The minimum Gasteiger partial charge on any atom is -0.440 e. The van der Waals surface area contributed by atoms with Gasteiger partial charge in [-0.05, 0) is 24.1 Å². The van der Waals surface area contributed by atoms with Crippen molar-refractivity contribution in [1.29, 1.82) is 0 Å². The van der Waals surface area contributed by atoms with E-state index in [1.54, 1.807) is 0 Å². The summed E-state index contributed by atoms with van der Waals surface area (Å²) in [5, 5.41) is 4.34. The van der Waals surface area contributed by atoms with Gasteiger partial charge in [-0.3, -0.25) is 10.1 Å². The smallest absolute Gasteiger partial charge is 0.422 e. The number of hydrogen-bond acceptors (Lipinski definition) is 3. The Balaban J connectivity index is 2.08. The highest BCUT2D eigenvalue weighted by Gasteiger charge is 2.29. The minimum absolute atomic E-state index is 0.215. The van der Waals surface area contributed by atoms with Gasteiger partial charge in [0.1, 0.15) is 5.82 Å². The van der Waals surface area contributed by atoms with E-state index in [1.807, 2.05) is 5.32 Å². The molecule has 0 unspecified atom stereocenters. The van der Waals surface area contributed by atoms with Gasteiger partial charge in [0.05, 0.1) is 5.69 Å². The third-order valence-corrected chi connectivity index (χ3v) is 2.69. The Hall–Kier alpha value is -2.32. The molecule has 0 bridgehead atoms. The lowest BCUT2D eigenvalue weighted by Gasteiger charge is -2.18. The molecule has 114 valence electrons. The van der Waals surface area contributed by atoms with Crippen LogP contribution in [0, 0.1) is 5.82 Å². The molecule has 21 heavy (non-hydrogen) atoms. The fraction of sp³-hybridized carbons (Fsp3) is 0.333.